The molecule has 1 atom stereocenters. The number of anilines is 1. The van der Waals surface area contributed by atoms with Crippen LogP contribution in [0, 0.1) is 0 Å². The monoisotopic (exact) mass is 348 g/mol. The molecular formula is C12H17BrN2O3S. The average molecular weight is 349 g/mol. The third-order valence-corrected chi connectivity index (χ3v) is 3.87. The number of carbonyl (C=O) groups is 1. The molecule has 0 aliphatic carbocycles. The van der Waals surface area contributed by atoms with Crippen LogP contribution < -0.4 is 10.6 Å². The highest BCUT2D eigenvalue weighted by molar-refractivity contribution is 9.10. The number of hydrogen-bond acceptors (Lipinski definition) is 4. The van der Waals surface area contributed by atoms with Crippen LogP contribution in [0.15, 0.2) is 28.7 Å². The van der Waals surface area contributed by atoms with Crippen LogP contribution in [0.2, 0.25) is 0 Å². The second kappa shape index (κ2) is 7.02. The number of rotatable bonds is 6. The van der Waals surface area contributed by atoms with Crippen LogP contribution in [0.25, 0.3) is 0 Å². The molecule has 0 spiro atoms. The Kier molecular flexibility index (Phi) is 5.96. The number of carbonyl (C=O) groups excluding carboxylic acids is 1. The number of benzene rings is 1. The molecule has 106 valence electrons. The van der Waals surface area contributed by atoms with E-state index < -0.39 is 9.84 Å². The third kappa shape index (κ3) is 7.29. The first-order valence-corrected chi connectivity index (χ1v) is 8.58. The van der Waals surface area contributed by atoms with Crippen LogP contribution in [0.1, 0.15) is 6.92 Å². The maximum atomic E-state index is 11.7. The SMILES string of the molecule is CC(CS(C)(=O)=O)NCC(=O)Nc1cccc(Br)c1. The molecule has 0 heterocycles. The van der Waals surface area contributed by atoms with Crippen molar-refractivity contribution in [3.63, 3.8) is 0 Å². The molecule has 19 heavy (non-hydrogen) atoms. The zero-order valence-electron chi connectivity index (χ0n) is 10.8. The first kappa shape index (κ1) is 16.1. The highest BCUT2D eigenvalue weighted by atomic mass is 79.9. The molecule has 0 saturated heterocycles. The summed E-state index contributed by atoms with van der Waals surface area (Å²) in [6.45, 7) is 1.80. The lowest BCUT2D eigenvalue weighted by molar-refractivity contribution is -0.115. The van der Waals surface area contributed by atoms with Crippen LogP contribution in [-0.2, 0) is 14.6 Å². The van der Waals surface area contributed by atoms with Gasteiger partial charge in [-0.25, -0.2) is 8.42 Å². The van der Waals surface area contributed by atoms with Gasteiger partial charge in [0.1, 0.15) is 9.84 Å². The third-order valence-electron chi connectivity index (χ3n) is 2.27. The van der Waals surface area contributed by atoms with Gasteiger partial charge in [0.25, 0.3) is 0 Å². The lowest BCUT2D eigenvalue weighted by atomic mass is 10.3. The lowest BCUT2D eigenvalue weighted by Crippen LogP contribution is -2.38. The summed E-state index contributed by atoms with van der Waals surface area (Å²) >= 11 is 3.31. The van der Waals surface area contributed by atoms with Crippen LogP contribution in [0.5, 0.6) is 0 Å². The molecule has 0 aliphatic rings. The number of sulfone groups is 1. The van der Waals surface area contributed by atoms with E-state index in [9.17, 15) is 13.2 Å². The lowest BCUT2D eigenvalue weighted by Gasteiger charge is -2.12. The molecule has 1 aromatic carbocycles. The van der Waals surface area contributed by atoms with Crippen molar-refractivity contribution >= 4 is 37.4 Å². The Morgan fingerprint density at radius 1 is 1.42 bits per heavy atom. The van der Waals surface area contributed by atoms with Crippen molar-refractivity contribution in [2.75, 3.05) is 23.9 Å². The molecule has 1 amide bonds. The van der Waals surface area contributed by atoms with Crippen molar-refractivity contribution in [2.45, 2.75) is 13.0 Å². The van der Waals surface area contributed by atoms with Crippen LogP contribution in [-0.4, -0.2) is 38.9 Å². The maximum Gasteiger partial charge on any atom is 0.238 e. The molecule has 2 N–H and O–H groups in total. The molecule has 0 aromatic heterocycles. The molecule has 0 fully saturated rings. The predicted octanol–water partition coefficient (Wildman–Crippen LogP) is 1.41. The highest BCUT2D eigenvalue weighted by Gasteiger charge is 2.11. The molecule has 0 aliphatic heterocycles. The standard InChI is InChI=1S/C12H17BrN2O3S/c1-9(8-19(2,17)18)14-7-12(16)15-11-5-3-4-10(13)6-11/h3-6,9,14H,7-8H2,1-2H3,(H,15,16). The summed E-state index contributed by atoms with van der Waals surface area (Å²) in [7, 11) is -3.04. The molecule has 0 radical (unpaired) electrons. The molecule has 1 rings (SSSR count). The van der Waals surface area contributed by atoms with Gasteiger partial charge in [-0.3, -0.25) is 4.79 Å². The maximum absolute atomic E-state index is 11.7. The van der Waals surface area contributed by atoms with E-state index in [0.29, 0.717) is 5.69 Å². The Morgan fingerprint density at radius 3 is 2.68 bits per heavy atom. The van der Waals surface area contributed by atoms with Gasteiger partial charge in [0.2, 0.25) is 5.91 Å². The van der Waals surface area contributed by atoms with Gasteiger partial charge < -0.3 is 10.6 Å². The van der Waals surface area contributed by atoms with Gasteiger partial charge in [-0.1, -0.05) is 22.0 Å². The minimum atomic E-state index is -3.04. The average Bonchev–Trinajstić information content (AvgIpc) is 2.24. The predicted molar refractivity (Wildman–Crippen MR) is 79.9 cm³/mol. The number of halogens is 1. The van der Waals surface area contributed by atoms with Crippen molar-refractivity contribution in [3.8, 4) is 0 Å². The van der Waals surface area contributed by atoms with E-state index in [2.05, 4.69) is 26.6 Å². The first-order valence-electron chi connectivity index (χ1n) is 5.73. The molecule has 5 nitrogen and oxygen atoms in total. The summed E-state index contributed by atoms with van der Waals surface area (Å²) in [6, 6.07) is 6.99. The van der Waals surface area contributed by atoms with Gasteiger partial charge in [-0.2, -0.15) is 0 Å². The van der Waals surface area contributed by atoms with Gasteiger partial charge in [0.15, 0.2) is 0 Å². The normalized spacial score (nSPS) is 13.0. The van der Waals surface area contributed by atoms with Gasteiger partial charge in [0, 0.05) is 22.5 Å². The van der Waals surface area contributed by atoms with Crippen LogP contribution in [0.3, 0.4) is 0 Å². The minimum absolute atomic E-state index is 0.0111. The summed E-state index contributed by atoms with van der Waals surface area (Å²) in [5.41, 5.74) is 0.692. The Hall–Kier alpha value is -0.920. The summed E-state index contributed by atoms with van der Waals surface area (Å²) in [6.07, 6.45) is 1.17. The Labute approximate surface area is 121 Å². The summed E-state index contributed by atoms with van der Waals surface area (Å²) in [5.74, 6) is -0.199. The Bertz CT molecular complexity index is 546. The number of nitrogens with one attached hydrogen (secondary N) is 2. The summed E-state index contributed by atoms with van der Waals surface area (Å²) in [5, 5.41) is 5.59. The number of hydrogen-bond donors (Lipinski definition) is 2. The van der Waals surface area contributed by atoms with Crippen molar-refractivity contribution in [1.29, 1.82) is 0 Å². The van der Waals surface area contributed by atoms with Crippen molar-refractivity contribution in [1.82, 2.24) is 5.32 Å². The minimum Gasteiger partial charge on any atom is -0.325 e. The fourth-order valence-electron chi connectivity index (χ4n) is 1.55. The Balaban J connectivity index is 2.40. The molecular weight excluding hydrogens is 332 g/mol. The van der Waals surface area contributed by atoms with E-state index in [1.807, 2.05) is 12.1 Å². The topological polar surface area (TPSA) is 75.3 Å². The summed E-state index contributed by atoms with van der Waals surface area (Å²) < 4.78 is 23.0. The molecule has 0 saturated carbocycles. The van der Waals surface area contributed by atoms with Gasteiger partial charge in [-0.05, 0) is 25.1 Å². The van der Waals surface area contributed by atoms with E-state index >= 15 is 0 Å². The van der Waals surface area contributed by atoms with E-state index in [1.54, 1.807) is 19.1 Å². The van der Waals surface area contributed by atoms with Crippen LogP contribution in [0.4, 0.5) is 5.69 Å². The highest BCUT2D eigenvalue weighted by Crippen LogP contribution is 2.15. The van der Waals surface area contributed by atoms with E-state index in [1.165, 1.54) is 6.26 Å². The summed E-state index contributed by atoms with van der Waals surface area (Å²) in [4.78, 5) is 11.7. The van der Waals surface area contributed by atoms with Crippen LogP contribution >= 0.6 is 15.9 Å². The molecule has 1 aromatic rings. The van der Waals surface area contributed by atoms with Gasteiger partial charge >= 0.3 is 0 Å². The van der Waals surface area contributed by atoms with Crippen molar-refractivity contribution in [3.05, 3.63) is 28.7 Å². The molecule has 1 unspecified atom stereocenters. The number of amides is 1. The van der Waals surface area contributed by atoms with E-state index in [4.69, 9.17) is 0 Å². The van der Waals surface area contributed by atoms with Crippen molar-refractivity contribution in [2.24, 2.45) is 0 Å². The molecule has 0 bridgehead atoms. The largest absolute Gasteiger partial charge is 0.325 e. The van der Waals surface area contributed by atoms with Gasteiger partial charge in [-0.15, -0.1) is 0 Å². The quantitative estimate of drug-likeness (QED) is 0.814. The molecule has 7 heteroatoms. The fourth-order valence-corrected chi connectivity index (χ4v) is 2.98. The second-order valence-electron chi connectivity index (χ2n) is 4.43. The fraction of sp³-hybridized carbons (Fsp3) is 0.417. The second-order valence-corrected chi connectivity index (χ2v) is 7.53. The Morgan fingerprint density at radius 2 is 2.11 bits per heavy atom. The zero-order chi connectivity index (χ0) is 14.5. The first-order chi connectivity index (χ1) is 8.76. The zero-order valence-corrected chi connectivity index (χ0v) is 13.2. The van der Waals surface area contributed by atoms with E-state index in [0.717, 1.165) is 4.47 Å². The van der Waals surface area contributed by atoms with E-state index in [-0.39, 0.29) is 24.2 Å². The van der Waals surface area contributed by atoms with Gasteiger partial charge in [0.05, 0.1) is 12.3 Å². The smallest absolute Gasteiger partial charge is 0.238 e. The van der Waals surface area contributed by atoms with Crippen molar-refractivity contribution < 1.29 is 13.2 Å².